The highest BCUT2D eigenvalue weighted by atomic mass is 16.7. The second kappa shape index (κ2) is 4.61. The number of carbonyl (C=O) groups is 1. The van der Waals surface area contributed by atoms with Gasteiger partial charge in [-0.15, -0.1) is 0 Å². The third-order valence-electron chi connectivity index (χ3n) is 6.12. The van der Waals surface area contributed by atoms with Crippen LogP contribution in [0.4, 0.5) is 0 Å². The van der Waals surface area contributed by atoms with Crippen molar-refractivity contribution in [3.8, 4) is 0 Å². The molecule has 1 aromatic carbocycles. The van der Waals surface area contributed by atoms with Crippen LogP contribution >= 0.6 is 0 Å². The van der Waals surface area contributed by atoms with Crippen molar-refractivity contribution in [1.82, 2.24) is 5.32 Å². The van der Waals surface area contributed by atoms with E-state index in [1.165, 1.54) is 0 Å². The molecule has 5 heteroatoms. The van der Waals surface area contributed by atoms with E-state index in [4.69, 9.17) is 9.31 Å². The highest BCUT2D eigenvalue weighted by molar-refractivity contribution is 6.62. The minimum absolute atomic E-state index is 0.0311. The third-order valence-corrected chi connectivity index (χ3v) is 6.12. The smallest absolute Gasteiger partial charge is 0.399 e. The maximum absolute atomic E-state index is 12.3. The average molecular weight is 313 g/mol. The van der Waals surface area contributed by atoms with E-state index >= 15 is 0 Å². The van der Waals surface area contributed by atoms with E-state index in [-0.39, 0.29) is 29.8 Å². The zero-order valence-electron chi connectivity index (χ0n) is 14.3. The molecule has 0 atom stereocenters. The van der Waals surface area contributed by atoms with Crippen molar-refractivity contribution in [3.05, 3.63) is 29.8 Å². The minimum atomic E-state index is -0.380. The van der Waals surface area contributed by atoms with Crippen LogP contribution in [0.25, 0.3) is 0 Å². The van der Waals surface area contributed by atoms with Crippen LogP contribution in [-0.4, -0.2) is 29.8 Å². The van der Waals surface area contributed by atoms with E-state index in [9.17, 15) is 4.79 Å². The lowest BCUT2D eigenvalue weighted by Crippen LogP contribution is -2.68. The first-order valence-electron chi connectivity index (χ1n) is 8.48. The summed E-state index contributed by atoms with van der Waals surface area (Å²) in [4.78, 5) is 12.3. The Morgan fingerprint density at radius 2 is 1.57 bits per heavy atom. The average Bonchev–Trinajstić information content (AvgIpc) is 2.61. The molecule has 0 radical (unpaired) electrons. The van der Waals surface area contributed by atoms with Gasteiger partial charge in [0.05, 0.1) is 11.2 Å². The second-order valence-electron chi connectivity index (χ2n) is 8.42. The predicted octanol–water partition coefficient (Wildman–Crippen LogP) is 2.27. The summed E-state index contributed by atoms with van der Waals surface area (Å²) in [6.07, 6.45) is 3.47. The molecule has 0 aromatic heterocycles. The van der Waals surface area contributed by atoms with E-state index < -0.39 is 0 Å². The molecule has 2 bridgehead atoms. The molecule has 4 aliphatic rings. The molecular weight excluding hydrogens is 289 g/mol. The Morgan fingerprint density at radius 3 is 2.00 bits per heavy atom. The SMILES string of the molecule is CC1(C)OB(c2ccc(C(=O)NC34CC(C3)C4)cc2)OC1(C)C. The van der Waals surface area contributed by atoms with Crippen LogP contribution in [0.15, 0.2) is 24.3 Å². The first-order chi connectivity index (χ1) is 10.7. The maximum Gasteiger partial charge on any atom is 0.494 e. The van der Waals surface area contributed by atoms with E-state index in [1.807, 2.05) is 52.0 Å². The Morgan fingerprint density at radius 1 is 1.04 bits per heavy atom. The fraction of sp³-hybridized carbons (Fsp3) is 0.611. The lowest BCUT2D eigenvalue weighted by Gasteiger charge is -2.61. The normalized spacial score (nSPS) is 32.9. The largest absolute Gasteiger partial charge is 0.494 e. The van der Waals surface area contributed by atoms with Crippen LogP contribution in [-0.2, 0) is 9.31 Å². The molecule has 4 fully saturated rings. The van der Waals surface area contributed by atoms with Crippen LogP contribution in [0.5, 0.6) is 0 Å². The molecular formula is C18H24BNO3. The van der Waals surface area contributed by atoms with Gasteiger partial charge in [-0.25, -0.2) is 0 Å². The molecule has 122 valence electrons. The fourth-order valence-electron chi connectivity index (χ4n) is 3.72. The number of nitrogens with one attached hydrogen (secondary N) is 1. The van der Waals surface area contributed by atoms with Gasteiger partial charge >= 0.3 is 7.12 Å². The van der Waals surface area contributed by atoms with Gasteiger partial charge in [-0.05, 0) is 70.5 Å². The summed E-state index contributed by atoms with van der Waals surface area (Å²) in [6.45, 7) is 8.16. The monoisotopic (exact) mass is 313 g/mol. The molecule has 1 N–H and O–H groups in total. The van der Waals surface area contributed by atoms with Crippen molar-refractivity contribution in [2.75, 3.05) is 0 Å². The summed E-state index contributed by atoms with van der Waals surface area (Å²) in [5.74, 6) is 0.893. The lowest BCUT2D eigenvalue weighted by molar-refractivity contribution is -0.0438. The quantitative estimate of drug-likeness (QED) is 0.871. The van der Waals surface area contributed by atoms with Crippen molar-refractivity contribution in [1.29, 1.82) is 0 Å². The van der Waals surface area contributed by atoms with Crippen molar-refractivity contribution in [2.24, 2.45) is 5.92 Å². The van der Waals surface area contributed by atoms with Crippen molar-refractivity contribution in [3.63, 3.8) is 0 Å². The van der Waals surface area contributed by atoms with Gasteiger partial charge in [0, 0.05) is 11.1 Å². The van der Waals surface area contributed by atoms with Crippen LogP contribution in [0, 0.1) is 5.92 Å². The number of amides is 1. The van der Waals surface area contributed by atoms with Crippen molar-refractivity contribution >= 4 is 18.5 Å². The Bertz CT molecular complexity index is 620. The molecule has 4 nitrogen and oxygen atoms in total. The molecule has 1 saturated heterocycles. The van der Waals surface area contributed by atoms with Crippen molar-refractivity contribution < 1.29 is 14.1 Å². The summed E-state index contributed by atoms with van der Waals surface area (Å²) >= 11 is 0. The third kappa shape index (κ3) is 2.33. The van der Waals surface area contributed by atoms with Gasteiger partial charge in [-0.3, -0.25) is 4.79 Å². The van der Waals surface area contributed by atoms with Gasteiger partial charge < -0.3 is 14.6 Å². The van der Waals surface area contributed by atoms with E-state index in [0.29, 0.717) is 5.56 Å². The Labute approximate surface area is 138 Å². The molecule has 1 amide bonds. The highest BCUT2D eigenvalue weighted by Gasteiger charge is 2.57. The van der Waals surface area contributed by atoms with Gasteiger partial charge in [-0.2, -0.15) is 0 Å². The van der Waals surface area contributed by atoms with E-state index in [1.54, 1.807) is 0 Å². The summed E-state index contributed by atoms with van der Waals surface area (Å²) < 4.78 is 12.1. The number of carbonyl (C=O) groups excluding carboxylic acids is 1. The summed E-state index contributed by atoms with van der Waals surface area (Å²) in [7, 11) is -0.380. The molecule has 3 saturated carbocycles. The number of hydrogen-bond acceptors (Lipinski definition) is 3. The molecule has 1 heterocycles. The fourth-order valence-corrected chi connectivity index (χ4v) is 3.72. The van der Waals surface area contributed by atoms with Gasteiger partial charge in [0.25, 0.3) is 5.91 Å². The summed E-state index contributed by atoms with van der Waals surface area (Å²) in [6, 6.07) is 7.58. The molecule has 5 rings (SSSR count). The first kappa shape index (κ1) is 15.2. The van der Waals surface area contributed by atoms with Crippen molar-refractivity contribution in [2.45, 2.75) is 63.7 Å². The second-order valence-corrected chi connectivity index (χ2v) is 8.42. The molecule has 3 aliphatic carbocycles. The Hall–Kier alpha value is -1.33. The maximum atomic E-state index is 12.3. The van der Waals surface area contributed by atoms with Crippen LogP contribution in [0.2, 0.25) is 0 Å². The standard InChI is InChI=1S/C18H24BNO3/c1-16(2)17(3,4)23-19(22-16)14-7-5-13(6-8-14)15(21)20-18-9-12(10-18)11-18/h5-8,12H,9-11H2,1-4H3,(H,20,21). The summed E-state index contributed by atoms with van der Waals surface area (Å²) in [5.41, 5.74) is 1.07. The number of hydrogen-bond donors (Lipinski definition) is 1. The molecule has 23 heavy (non-hydrogen) atoms. The molecule has 1 aromatic rings. The topological polar surface area (TPSA) is 47.6 Å². The zero-order valence-corrected chi connectivity index (χ0v) is 14.3. The van der Waals surface area contributed by atoms with Gasteiger partial charge in [0.15, 0.2) is 0 Å². The van der Waals surface area contributed by atoms with Gasteiger partial charge in [0.2, 0.25) is 0 Å². The molecule has 0 spiro atoms. The summed E-state index contributed by atoms with van der Waals surface area (Å²) in [5, 5.41) is 3.19. The lowest BCUT2D eigenvalue weighted by atomic mass is 9.50. The highest BCUT2D eigenvalue weighted by Crippen LogP contribution is 2.56. The predicted molar refractivity (Wildman–Crippen MR) is 89.7 cm³/mol. The van der Waals surface area contributed by atoms with Gasteiger partial charge in [-0.1, -0.05) is 12.1 Å². The number of benzene rings is 1. The minimum Gasteiger partial charge on any atom is -0.399 e. The Kier molecular flexibility index (Phi) is 3.05. The van der Waals surface area contributed by atoms with Gasteiger partial charge in [0.1, 0.15) is 0 Å². The Balaban J connectivity index is 1.45. The van der Waals surface area contributed by atoms with Crippen LogP contribution < -0.4 is 10.8 Å². The van der Waals surface area contributed by atoms with E-state index in [2.05, 4.69) is 5.32 Å². The van der Waals surface area contributed by atoms with Crippen LogP contribution in [0.1, 0.15) is 57.3 Å². The number of rotatable bonds is 3. The zero-order chi connectivity index (χ0) is 16.5. The van der Waals surface area contributed by atoms with E-state index in [0.717, 1.165) is 30.6 Å². The van der Waals surface area contributed by atoms with Crippen LogP contribution in [0.3, 0.4) is 0 Å². The molecule has 1 aliphatic heterocycles. The molecule has 0 unspecified atom stereocenters. The first-order valence-corrected chi connectivity index (χ1v) is 8.48.